The van der Waals surface area contributed by atoms with Gasteiger partial charge in [0.05, 0.1) is 10.9 Å². The number of nitrogens with one attached hydrogen (secondary N) is 2. The van der Waals surface area contributed by atoms with Crippen molar-refractivity contribution >= 4 is 22.7 Å². The van der Waals surface area contributed by atoms with Crippen LogP contribution >= 0.6 is 0 Å². The first-order chi connectivity index (χ1) is 14.2. The van der Waals surface area contributed by atoms with Gasteiger partial charge < -0.3 is 15.2 Å². The minimum atomic E-state index is -0.484. The topological polar surface area (TPSA) is 104 Å². The lowest BCUT2D eigenvalue weighted by atomic mass is 9.94. The fraction of sp³-hybridized carbons (Fsp3) is 0.545. The third-order valence-corrected chi connectivity index (χ3v) is 6.07. The summed E-state index contributed by atoms with van der Waals surface area (Å²) in [5.41, 5.74) is -0.0691. The molecule has 1 atom stereocenters. The van der Waals surface area contributed by atoms with E-state index in [-0.39, 0.29) is 35.9 Å². The van der Waals surface area contributed by atoms with Crippen LogP contribution < -0.4 is 16.6 Å². The molecule has 0 bridgehead atoms. The lowest BCUT2D eigenvalue weighted by Gasteiger charge is -2.32. The van der Waals surface area contributed by atoms with Crippen LogP contribution in [0.1, 0.15) is 50.9 Å². The van der Waals surface area contributed by atoms with E-state index in [1.54, 1.807) is 30.0 Å². The molecule has 2 N–H and O–H groups in total. The maximum atomic E-state index is 12.9. The minimum absolute atomic E-state index is 0.0544. The molecule has 8 nitrogen and oxygen atoms in total. The maximum absolute atomic E-state index is 12.9. The van der Waals surface area contributed by atoms with Crippen molar-refractivity contribution in [2.24, 2.45) is 11.8 Å². The van der Waals surface area contributed by atoms with Gasteiger partial charge in [0.15, 0.2) is 0 Å². The average molecular weight is 415 g/mol. The number of benzene rings is 1. The van der Waals surface area contributed by atoms with Crippen molar-refractivity contribution < 1.29 is 9.59 Å². The van der Waals surface area contributed by atoms with Gasteiger partial charge in [-0.15, -0.1) is 0 Å². The van der Waals surface area contributed by atoms with Crippen molar-refractivity contribution in [2.75, 3.05) is 13.1 Å². The second-order valence-electron chi connectivity index (χ2n) is 8.35. The van der Waals surface area contributed by atoms with Crippen LogP contribution in [0.25, 0.3) is 10.9 Å². The number of carbonyl (C=O) groups is 2. The first-order valence-corrected chi connectivity index (χ1v) is 10.6. The lowest BCUT2D eigenvalue weighted by Crippen LogP contribution is -2.45. The van der Waals surface area contributed by atoms with Gasteiger partial charge in [0, 0.05) is 37.2 Å². The van der Waals surface area contributed by atoms with E-state index in [0.29, 0.717) is 48.3 Å². The summed E-state index contributed by atoms with van der Waals surface area (Å²) in [5, 5.41) is 3.43. The van der Waals surface area contributed by atoms with E-state index in [4.69, 9.17) is 0 Å². The Labute approximate surface area is 175 Å². The molecule has 0 radical (unpaired) electrons. The molecule has 8 heteroatoms. The number of amides is 2. The zero-order valence-corrected chi connectivity index (χ0v) is 18.0. The van der Waals surface area contributed by atoms with E-state index < -0.39 is 5.69 Å². The molecule has 1 saturated heterocycles. The molecule has 1 aliphatic heterocycles. The third-order valence-electron chi connectivity index (χ3n) is 6.07. The summed E-state index contributed by atoms with van der Waals surface area (Å²) in [6, 6.07) is 4.88. The summed E-state index contributed by atoms with van der Waals surface area (Å²) < 4.78 is 1.12. The number of fused-ring (bicyclic) bond motifs is 1. The van der Waals surface area contributed by atoms with E-state index in [0.717, 1.165) is 4.57 Å². The Hall–Kier alpha value is -2.90. The van der Waals surface area contributed by atoms with Gasteiger partial charge in [0.2, 0.25) is 5.91 Å². The molecule has 1 fully saturated rings. The van der Waals surface area contributed by atoms with Crippen LogP contribution in [0.4, 0.5) is 0 Å². The number of hydrogen-bond donors (Lipinski definition) is 2. The zero-order chi connectivity index (χ0) is 22.0. The summed E-state index contributed by atoms with van der Waals surface area (Å²) >= 11 is 0. The highest BCUT2D eigenvalue weighted by atomic mass is 16.2. The number of aromatic amines is 1. The van der Waals surface area contributed by atoms with E-state index in [2.05, 4.69) is 24.1 Å². The molecule has 0 saturated carbocycles. The minimum Gasteiger partial charge on any atom is -0.353 e. The summed E-state index contributed by atoms with van der Waals surface area (Å²) in [6.45, 7) is 9.15. The summed E-state index contributed by atoms with van der Waals surface area (Å²) in [4.78, 5) is 54.2. The van der Waals surface area contributed by atoms with Gasteiger partial charge in [-0.3, -0.25) is 19.0 Å². The van der Waals surface area contributed by atoms with E-state index in [1.165, 1.54) is 0 Å². The summed E-state index contributed by atoms with van der Waals surface area (Å²) in [6.07, 6.45) is 1.24. The number of carbonyl (C=O) groups excluding carboxylic acids is 2. The molecule has 0 spiro atoms. The Morgan fingerprint density at radius 1 is 1.17 bits per heavy atom. The fourth-order valence-corrected chi connectivity index (χ4v) is 3.71. The number of likely N-dealkylation sites (tertiary alicyclic amines) is 1. The van der Waals surface area contributed by atoms with Crippen molar-refractivity contribution in [1.82, 2.24) is 19.8 Å². The molecule has 1 aliphatic rings. The van der Waals surface area contributed by atoms with Crippen molar-refractivity contribution in [3.05, 3.63) is 44.6 Å². The first kappa shape index (κ1) is 21.8. The molecule has 2 heterocycles. The van der Waals surface area contributed by atoms with E-state index in [1.807, 2.05) is 6.92 Å². The van der Waals surface area contributed by atoms with Crippen LogP contribution in [0, 0.1) is 11.8 Å². The van der Waals surface area contributed by atoms with Gasteiger partial charge >= 0.3 is 5.69 Å². The van der Waals surface area contributed by atoms with Crippen LogP contribution in [-0.2, 0) is 11.3 Å². The molecular weight excluding hydrogens is 384 g/mol. The number of H-pyrrole nitrogens is 1. The van der Waals surface area contributed by atoms with E-state index >= 15 is 0 Å². The fourth-order valence-electron chi connectivity index (χ4n) is 3.71. The highest BCUT2D eigenvalue weighted by Gasteiger charge is 2.29. The van der Waals surface area contributed by atoms with E-state index in [9.17, 15) is 19.2 Å². The molecule has 0 aliphatic carbocycles. The van der Waals surface area contributed by atoms with Gasteiger partial charge in [-0.05, 0) is 50.8 Å². The normalized spacial score (nSPS) is 16.1. The SMILES string of the molecule is CCn1c(=O)[nH]c2cc(C(=O)N3CCC(C(=O)NC(C)C(C)C)CC3)ccc2c1=O. The van der Waals surface area contributed by atoms with Crippen LogP contribution in [0.2, 0.25) is 0 Å². The Morgan fingerprint density at radius 2 is 1.83 bits per heavy atom. The molecule has 1 aromatic carbocycles. The predicted molar refractivity (Wildman–Crippen MR) is 116 cm³/mol. The zero-order valence-electron chi connectivity index (χ0n) is 18.0. The standard InChI is InChI=1S/C22H30N4O4/c1-5-26-21(29)17-7-6-16(12-18(17)24-22(26)30)20(28)25-10-8-15(9-11-25)19(27)23-14(4)13(2)3/h6-7,12-15H,5,8-11H2,1-4H3,(H,23,27)(H,24,30). The highest BCUT2D eigenvalue weighted by molar-refractivity contribution is 5.97. The molecule has 1 unspecified atom stereocenters. The first-order valence-electron chi connectivity index (χ1n) is 10.6. The van der Waals surface area contributed by atoms with Gasteiger partial charge in [-0.25, -0.2) is 4.79 Å². The van der Waals surface area contributed by atoms with Crippen molar-refractivity contribution in [2.45, 2.75) is 53.1 Å². The maximum Gasteiger partial charge on any atom is 0.328 e. The Morgan fingerprint density at radius 3 is 2.43 bits per heavy atom. The lowest BCUT2D eigenvalue weighted by molar-refractivity contribution is -0.127. The Balaban J connectivity index is 1.71. The molecule has 1 aromatic heterocycles. The van der Waals surface area contributed by atoms with Crippen LogP contribution in [0.15, 0.2) is 27.8 Å². The molecule has 3 rings (SSSR count). The van der Waals surface area contributed by atoms with Crippen LogP contribution in [0.5, 0.6) is 0 Å². The highest BCUT2D eigenvalue weighted by Crippen LogP contribution is 2.21. The summed E-state index contributed by atoms with van der Waals surface area (Å²) in [5.74, 6) is 0.178. The quantitative estimate of drug-likeness (QED) is 0.777. The smallest absolute Gasteiger partial charge is 0.328 e. The van der Waals surface area contributed by atoms with Crippen molar-refractivity contribution in [1.29, 1.82) is 0 Å². The number of nitrogens with zero attached hydrogens (tertiary/aromatic N) is 2. The van der Waals surface area contributed by atoms with Gasteiger partial charge in [-0.1, -0.05) is 13.8 Å². The largest absolute Gasteiger partial charge is 0.353 e. The number of piperidine rings is 1. The molecular formula is C22H30N4O4. The second kappa shape index (κ2) is 8.85. The monoisotopic (exact) mass is 414 g/mol. The Kier molecular flexibility index (Phi) is 6.43. The van der Waals surface area contributed by atoms with Crippen LogP contribution in [0.3, 0.4) is 0 Å². The number of rotatable bonds is 5. The van der Waals surface area contributed by atoms with Crippen molar-refractivity contribution in [3.8, 4) is 0 Å². The number of aromatic nitrogens is 2. The van der Waals surface area contributed by atoms with Gasteiger partial charge in [0.1, 0.15) is 0 Å². The summed E-state index contributed by atoms with van der Waals surface area (Å²) in [7, 11) is 0. The molecule has 162 valence electrons. The molecule has 30 heavy (non-hydrogen) atoms. The molecule has 2 amide bonds. The van der Waals surface area contributed by atoms with Gasteiger partial charge in [0.25, 0.3) is 11.5 Å². The molecule has 2 aromatic rings. The van der Waals surface area contributed by atoms with Crippen molar-refractivity contribution in [3.63, 3.8) is 0 Å². The third kappa shape index (κ3) is 4.32. The predicted octanol–water partition coefficient (Wildman–Crippen LogP) is 1.72. The Bertz CT molecular complexity index is 1060. The second-order valence-corrected chi connectivity index (χ2v) is 8.35. The van der Waals surface area contributed by atoms with Crippen LogP contribution in [-0.4, -0.2) is 45.4 Å². The number of hydrogen-bond acceptors (Lipinski definition) is 4. The van der Waals surface area contributed by atoms with Gasteiger partial charge in [-0.2, -0.15) is 0 Å². The average Bonchev–Trinajstić information content (AvgIpc) is 2.73.